The molecule has 2 atom stereocenters. The monoisotopic (exact) mass is 376 g/mol. The molecule has 98 valence electrons. The summed E-state index contributed by atoms with van der Waals surface area (Å²) >= 11 is 7.06. The normalized spacial score (nSPS) is 29.3. The van der Waals surface area contributed by atoms with Crippen molar-refractivity contribution >= 4 is 31.9 Å². The Labute approximate surface area is 123 Å². The van der Waals surface area contributed by atoms with E-state index in [0.29, 0.717) is 16.0 Å². The van der Waals surface area contributed by atoms with Gasteiger partial charge in [0.1, 0.15) is 17.7 Å². The van der Waals surface area contributed by atoms with Crippen LogP contribution in [0.1, 0.15) is 32.1 Å². The van der Waals surface area contributed by atoms with E-state index in [1.807, 2.05) is 6.07 Å². The molecule has 0 saturated heterocycles. The number of rotatable bonds is 2. The average molecular weight is 378 g/mol. The molecule has 4 heteroatoms. The van der Waals surface area contributed by atoms with Crippen molar-refractivity contribution in [1.29, 1.82) is 0 Å². The molecule has 2 aliphatic carbocycles. The van der Waals surface area contributed by atoms with Crippen LogP contribution in [0.5, 0.6) is 5.75 Å². The van der Waals surface area contributed by atoms with E-state index >= 15 is 0 Å². The quantitative estimate of drug-likeness (QED) is 0.654. The summed E-state index contributed by atoms with van der Waals surface area (Å²) in [4.78, 5) is 0.564. The molecule has 1 nitrogen and oxygen atoms in total. The van der Waals surface area contributed by atoms with Crippen LogP contribution in [0.25, 0.3) is 0 Å². The SMILES string of the molecule is Fc1cc(Br)cc(OC2CC(Br)C23CCCC3)c1. The predicted molar refractivity (Wildman–Crippen MR) is 76.7 cm³/mol. The van der Waals surface area contributed by atoms with Gasteiger partial charge in [0.2, 0.25) is 0 Å². The highest BCUT2D eigenvalue weighted by Crippen LogP contribution is 2.57. The van der Waals surface area contributed by atoms with Crippen molar-refractivity contribution < 1.29 is 9.13 Å². The number of alkyl halides is 1. The molecule has 0 N–H and O–H groups in total. The van der Waals surface area contributed by atoms with Gasteiger partial charge in [-0.3, -0.25) is 0 Å². The first-order valence-corrected chi connectivity index (χ1v) is 8.08. The zero-order valence-corrected chi connectivity index (χ0v) is 13.1. The first kappa shape index (κ1) is 12.9. The molecule has 0 aliphatic heterocycles. The molecule has 18 heavy (non-hydrogen) atoms. The maximum Gasteiger partial charge on any atom is 0.128 e. The zero-order chi connectivity index (χ0) is 12.8. The summed E-state index contributed by atoms with van der Waals surface area (Å²) in [5, 5.41) is 0. The highest BCUT2D eigenvalue weighted by atomic mass is 79.9. The van der Waals surface area contributed by atoms with Crippen LogP contribution >= 0.6 is 31.9 Å². The lowest BCUT2D eigenvalue weighted by atomic mass is 9.64. The van der Waals surface area contributed by atoms with E-state index in [9.17, 15) is 4.39 Å². The van der Waals surface area contributed by atoms with Gasteiger partial charge in [0, 0.05) is 20.8 Å². The second-order valence-corrected chi connectivity index (χ2v) is 7.38. The number of halogens is 3. The minimum absolute atomic E-state index is 0.234. The molecule has 0 radical (unpaired) electrons. The Bertz CT molecular complexity index is 437. The predicted octanol–water partition coefficient (Wildman–Crippen LogP) is 5.06. The van der Waals surface area contributed by atoms with Crippen molar-refractivity contribution in [2.75, 3.05) is 0 Å². The fourth-order valence-electron chi connectivity index (χ4n) is 3.29. The molecular weight excluding hydrogens is 363 g/mol. The third-order valence-corrected chi connectivity index (χ3v) is 6.08. The van der Waals surface area contributed by atoms with E-state index in [4.69, 9.17) is 4.74 Å². The van der Waals surface area contributed by atoms with Crippen molar-refractivity contribution in [3.63, 3.8) is 0 Å². The topological polar surface area (TPSA) is 9.23 Å². The van der Waals surface area contributed by atoms with Gasteiger partial charge >= 0.3 is 0 Å². The third-order valence-electron chi connectivity index (χ3n) is 4.33. The molecule has 2 fully saturated rings. The van der Waals surface area contributed by atoms with Crippen LogP contribution in [0.2, 0.25) is 0 Å². The minimum Gasteiger partial charge on any atom is -0.490 e. The van der Waals surface area contributed by atoms with Crippen LogP contribution in [0.15, 0.2) is 22.7 Å². The molecule has 0 bridgehead atoms. The molecule has 2 saturated carbocycles. The van der Waals surface area contributed by atoms with Crippen molar-refractivity contribution in [3.8, 4) is 5.75 Å². The second kappa shape index (κ2) is 4.78. The van der Waals surface area contributed by atoms with Crippen LogP contribution < -0.4 is 4.74 Å². The minimum atomic E-state index is -0.255. The second-order valence-electron chi connectivity index (χ2n) is 5.36. The van der Waals surface area contributed by atoms with Crippen molar-refractivity contribution in [1.82, 2.24) is 0 Å². The Balaban J connectivity index is 1.77. The molecule has 1 aromatic carbocycles. The summed E-state index contributed by atoms with van der Waals surface area (Å²) in [5.41, 5.74) is 0.290. The highest BCUT2D eigenvalue weighted by molar-refractivity contribution is 9.10. The van der Waals surface area contributed by atoms with Crippen molar-refractivity contribution in [3.05, 3.63) is 28.5 Å². The van der Waals surface area contributed by atoms with Gasteiger partial charge in [-0.05, 0) is 31.4 Å². The number of ether oxygens (including phenoxy) is 1. The summed E-state index contributed by atoms with van der Waals surface area (Å²) in [5.74, 6) is 0.382. The van der Waals surface area contributed by atoms with E-state index in [1.165, 1.54) is 37.8 Å². The van der Waals surface area contributed by atoms with Crippen molar-refractivity contribution in [2.45, 2.75) is 43.0 Å². The lowest BCUT2D eigenvalue weighted by molar-refractivity contribution is -0.0305. The summed E-state index contributed by atoms with van der Waals surface area (Å²) < 4.78 is 20.1. The third kappa shape index (κ3) is 2.11. The van der Waals surface area contributed by atoms with E-state index in [-0.39, 0.29) is 11.9 Å². The smallest absolute Gasteiger partial charge is 0.128 e. The van der Waals surface area contributed by atoms with Gasteiger partial charge in [-0.2, -0.15) is 0 Å². The van der Waals surface area contributed by atoms with Crippen LogP contribution in [-0.2, 0) is 0 Å². The molecule has 1 aromatic rings. The Kier molecular flexibility index (Phi) is 3.43. The van der Waals surface area contributed by atoms with Gasteiger partial charge in [-0.15, -0.1) is 0 Å². The number of hydrogen-bond donors (Lipinski definition) is 0. The Morgan fingerprint density at radius 2 is 1.94 bits per heavy atom. The van der Waals surface area contributed by atoms with Gasteiger partial charge in [-0.1, -0.05) is 44.7 Å². The molecule has 0 aromatic heterocycles. The van der Waals surface area contributed by atoms with Crippen molar-refractivity contribution in [2.24, 2.45) is 5.41 Å². The molecular formula is C14H15Br2FO. The van der Waals surface area contributed by atoms with E-state index in [1.54, 1.807) is 0 Å². The Hall–Kier alpha value is -0.0900. The van der Waals surface area contributed by atoms with E-state index in [2.05, 4.69) is 31.9 Å². The molecule has 2 unspecified atom stereocenters. The largest absolute Gasteiger partial charge is 0.490 e. The van der Waals surface area contributed by atoms with Gasteiger partial charge in [0.05, 0.1) is 0 Å². The fourth-order valence-corrected chi connectivity index (χ4v) is 4.83. The molecule has 0 heterocycles. The fraction of sp³-hybridized carbons (Fsp3) is 0.571. The molecule has 0 amide bonds. The van der Waals surface area contributed by atoms with Crippen LogP contribution in [-0.4, -0.2) is 10.9 Å². The van der Waals surface area contributed by atoms with Crippen LogP contribution in [0, 0.1) is 11.2 Å². The first-order valence-electron chi connectivity index (χ1n) is 6.37. The number of hydrogen-bond acceptors (Lipinski definition) is 1. The first-order chi connectivity index (χ1) is 8.60. The van der Waals surface area contributed by atoms with Crippen LogP contribution in [0.3, 0.4) is 0 Å². The Morgan fingerprint density at radius 1 is 1.22 bits per heavy atom. The van der Waals surface area contributed by atoms with E-state index < -0.39 is 0 Å². The molecule has 1 spiro atoms. The summed E-state index contributed by atoms with van der Waals surface area (Å²) in [7, 11) is 0. The van der Waals surface area contributed by atoms with Gasteiger partial charge < -0.3 is 4.74 Å². The van der Waals surface area contributed by atoms with Crippen LogP contribution in [0.4, 0.5) is 4.39 Å². The van der Waals surface area contributed by atoms with Gasteiger partial charge in [0.25, 0.3) is 0 Å². The Morgan fingerprint density at radius 3 is 2.56 bits per heavy atom. The zero-order valence-electron chi connectivity index (χ0n) is 9.96. The van der Waals surface area contributed by atoms with Gasteiger partial charge in [0.15, 0.2) is 0 Å². The van der Waals surface area contributed by atoms with Gasteiger partial charge in [-0.25, -0.2) is 4.39 Å². The summed E-state index contributed by atoms with van der Waals surface area (Å²) in [6.45, 7) is 0. The maximum atomic E-state index is 13.3. The number of benzene rings is 1. The lowest BCUT2D eigenvalue weighted by Crippen LogP contribution is -2.55. The summed E-state index contributed by atoms with van der Waals surface area (Å²) in [6, 6.07) is 4.76. The standard InChI is InChI=1S/C14H15Br2FO/c15-9-5-10(17)7-11(6-9)18-13-8-12(16)14(13)3-1-2-4-14/h5-7,12-13H,1-4,8H2. The summed E-state index contributed by atoms with van der Waals surface area (Å²) in [6.07, 6.45) is 6.28. The maximum absolute atomic E-state index is 13.3. The molecule has 2 aliphatic rings. The lowest BCUT2D eigenvalue weighted by Gasteiger charge is -2.51. The molecule has 3 rings (SSSR count). The average Bonchev–Trinajstić information content (AvgIpc) is 2.79. The highest BCUT2D eigenvalue weighted by Gasteiger charge is 2.56. The van der Waals surface area contributed by atoms with E-state index in [0.717, 1.165) is 10.9 Å².